The van der Waals surface area contributed by atoms with Gasteiger partial charge < -0.3 is 14.2 Å². The molecule has 1 heterocycles. The molecule has 0 spiro atoms. The quantitative estimate of drug-likeness (QED) is 0.835. The lowest BCUT2D eigenvalue weighted by molar-refractivity contribution is -0.0795. The fourth-order valence-electron chi connectivity index (χ4n) is 2.69. The van der Waals surface area contributed by atoms with E-state index in [1.165, 1.54) is 5.56 Å². The molecule has 1 aliphatic rings. The molecule has 1 aromatic carbocycles. The van der Waals surface area contributed by atoms with E-state index >= 15 is 0 Å². The molecular weight excluding hydrogens is 266 g/mol. The van der Waals surface area contributed by atoms with Gasteiger partial charge in [-0.3, -0.25) is 4.90 Å². The van der Waals surface area contributed by atoms with Crippen LogP contribution in [0.1, 0.15) is 33.3 Å². The Balaban J connectivity index is 1.97. The first-order chi connectivity index (χ1) is 9.89. The van der Waals surface area contributed by atoms with Crippen LogP contribution in [0.2, 0.25) is 0 Å². The van der Waals surface area contributed by atoms with Gasteiger partial charge in [0.25, 0.3) is 0 Å². The number of methoxy groups -OCH3 is 1. The summed E-state index contributed by atoms with van der Waals surface area (Å²) in [6, 6.07) is 8.49. The van der Waals surface area contributed by atoms with Crippen molar-refractivity contribution in [1.29, 1.82) is 0 Å². The molecule has 1 saturated heterocycles. The van der Waals surface area contributed by atoms with Crippen LogP contribution < -0.4 is 4.74 Å². The van der Waals surface area contributed by atoms with Gasteiger partial charge in [-0.25, -0.2) is 0 Å². The van der Waals surface area contributed by atoms with Gasteiger partial charge in [0.2, 0.25) is 0 Å². The second-order valence-corrected chi connectivity index (χ2v) is 6.60. The smallest absolute Gasteiger partial charge is 0.118 e. The third kappa shape index (κ3) is 4.70. The molecule has 0 amide bonds. The monoisotopic (exact) mass is 293 g/mol. The van der Waals surface area contributed by atoms with Crippen molar-refractivity contribution in [3.05, 3.63) is 29.8 Å². The molecule has 1 unspecified atom stereocenters. The lowest BCUT2D eigenvalue weighted by atomic mass is 10.1. The van der Waals surface area contributed by atoms with Crippen molar-refractivity contribution in [2.75, 3.05) is 20.4 Å². The number of ether oxygens (including phenoxy) is 3. The van der Waals surface area contributed by atoms with Crippen LogP contribution in [0.3, 0.4) is 0 Å². The van der Waals surface area contributed by atoms with Crippen molar-refractivity contribution in [3.8, 4) is 5.75 Å². The number of benzene rings is 1. The van der Waals surface area contributed by atoms with Crippen molar-refractivity contribution < 1.29 is 14.2 Å². The van der Waals surface area contributed by atoms with Gasteiger partial charge >= 0.3 is 0 Å². The van der Waals surface area contributed by atoms with E-state index in [4.69, 9.17) is 14.2 Å². The first-order valence-corrected chi connectivity index (χ1v) is 7.51. The highest BCUT2D eigenvalue weighted by Crippen LogP contribution is 2.23. The maximum atomic E-state index is 6.08. The van der Waals surface area contributed by atoms with Gasteiger partial charge in [0.15, 0.2) is 0 Å². The molecule has 0 radical (unpaired) electrons. The minimum atomic E-state index is -0.131. The highest BCUT2D eigenvalue weighted by Gasteiger charge is 2.32. The third-order valence-corrected chi connectivity index (χ3v) is 3.64. The molecule has 1 aliphatic heterocycles. The highest BCUT2D eigenvalue weighted by molar-refractivity contribution is 5.27. The molecule has 0 saturated carbocycles. The minimum Gasteiger partial charge on any atom is -0.497 e. The van der Waals surface area contributed by atoms with E-state index in [1.54, 1.807) is 7.11 Å². The number of rotatable bonds is 5. The Morgan fingerprint density at radius 1 is 1.29 bits per heavy atom. The van der Waals surface area contributed by atoms with Crippen LogP contribution in [0, 0.1) is 0 Å². The summed E-state index contributed by atoms with van der Waals surface area (Å²) in [5.41, 5.74) is 1.13. The van der Waals surface area contributed by atoms with Gasteiger partial charge in [0.1, 0.15) is 5.75 Å². The largest absolute Gasteiger partial charge is 0.497 e. The zero-order valence-electron chi connectivity index (χ0n) is 13.8. The average Bonchev–Trinajstić information content (AvgIpc) is 2.86. The molecule has 1 fully saturated rings. The first-order valence-electron chi connectivity index (χ1n) is 7.51. The first kappa shape index (κ1) is 16.3. The van der Waals surface area contributed by atoms with Gasteiger partial charge in [-0.2, -0.15) is 0 Å². The van der Waals surface area contributed by atoms with Crippen LogP contribution >= 0.6 is 0 Å². The lowest BCUT2D eigenvalue weighted by Gasteiger charge is -2.32. The van der Waals surface area contributed by atoms with Crippen molar-refractivity contribution >= 4 is 0 Å². The van der Waals surface area contributed by atoms with Gasteiger partial charge in [-0.1, -0.05) is 12.1 Å². The van der Waals surface area contributed by atoms with Crippen molar-refractivity contribution in [3.63, 3.8) is 0 Å². The van der Waals surface area contributed by atoms with Crippen molar-refractivity contribution in [2.24, 2.45) is 0 Å². The Morgan fingerprint density at radius 2 is 1.95 bits per heavy atom. The molecule has 0 aromatic heterocycles. The maximum absolute atomic E-state index is 6.08. The average molecular weight is 293 g/mol. The van der Waals surface area contributed by atoms with Gasteiger partial charge in [0, 0.05) is 6.54 Å². The molecular formula is C17H27NO3. The summed E-state index contributed by atoms with van der Waals surface area (Å²) < 4.78 is 16.9. The molecule has 118 valence electrons. The Morgan fingerprint density at radius 3 is 2.52 bits per heavy atom. The maximum Gasteiger partial charge on any atom is 0.118 e. The number of nitrogens with zero attached hydrogens (tertiary/aromatic N) is 1. The SMILES string of the molecule is COc1ccc(CN2COC[C@@H]2C(C)OC(C)(C)C)cc1. The van der Waals surface area contributed by atoms with Crippen LogP contribution in [0.25, 0.3) is 0 Å². The molecule has 0 N–H and O–H groups in total. The number of hydrogen-bond acceptors (Lipinski definition) is 4. The zero-order valence-corrected chi connectivity index (χ0v) is 13.8. The zero-order chi connectivity index (χ0) is 15.5. The summed E-state index contributed by atoms with van der Waals surface area (Å²) in [5, 5.41) is 0. The van der Waals surface area contributed by atoms with E-state index in [2.05, 4.69) is 44.7 Å². The van der Waals surface area contributed by atoms with Gasteiger partial charge in [-0.15, -0.1) is 0 Å². The van der Waals surface area contributed by atoms with E-state index in [9.17, 15) is 0 Å². The van der Waals surface area contributed by atoms with Crippen LogP contribution in [-0.4, -0.2) is 43.1 Å². The van der Waals surface area contributed by atoms with E-state index in [0.29, 0.717) is 12.8 Å². The fraction of sp³-hybridized carbons (Fsp3) is 0.647. The van der Waals surface area contributed by atoms with Gasteiger partial charge in [0.05, 0.1) is 38.2 Å². The van der Waals surface area contributed by atoms with Crippen LogP contribution in [-0.2, 0) is 16.0 Å². The summed E-state index contributed by atoms with van der Waals surface area (Å²) in [6.07, 6.45) is 0.144. The summed E-state index contributed by atoms with van der Waals surface area (Å²) in [5.74, 6) is 0.886. The normalized spacial score (nSPS) is 21.5. The van der Waals surface area contributed by atoms with Crippen LogP contribution in [0.15, 0.2) is 24.3 Å². The lowest BCUT2D eigenvalue weighted by Crippen LogP contribution is -2.43. The molecule has 2 rings (SSSR count). The second-order valence-electron chi connectivity index (χ2n) is 6.60. The summed E-state index contributed by atoms with van der Waals surface area (Å²) >= 11 is 0. The number of hydrogen-bond donors (Lipinski definition) is 0. The predicted molar refractivity (Wildman–Crippen MR) is 83.4 cm³/mol. The van der Waals surface area contributed by atoms with E-state index in [0.717, 1.165) is 18.9 Å². The van der Waals surface area contributed by atoms with Gasteiger partial charge in [-0.05, 0) is 45.4 Å². The van der Waals surface area contributed by atoms with Crippen molar-refractivity contribution in [1.82, 2.24) is 4.90 Å². The third-order valence-electron chi connectivity index (χ3n) is 3.64. The summed E-state index contributed by atoms with van der Waals surface area (Å²) in [4.78, 5) is 2.33. The predicted octanol–water partition coefficient (Wildman–Crippen LogP) is 3.06. The van der Waals surface area contributed by atoms with E-state index in [1.807, 2.05) is 12.1 Å². The molecule has 21 heavy (non-hydrogen) atoms. The topological polar surface area (TPSA) is 30.9 Å². The minimum absolute atomic E-state index is 0.131. The fourth-order valence-corrected chi connectivity index (χ4v) is 2.69. The van der Waals surface area contributed by atoms with Crippen LogP contribution in [0.4, 0.5) is 0 Å². The summed E-state index contributed by atoms with van der Waals surface area (Å²) in [7, 11) is 1.69. The standard InChI is InChI=1S/C17H27NO3/c1-13(21-17(2,3)4)16-11-20-12-18(16)10-14-6-8-15(19-5)9-7-14/h6-9,13,16H,10-12H2,1-5H3/t13?,16-/m1/s1. The highest BCUT2D eigenvalue weighted by atomic mass is 16.5. The molecule has 0 aliphatic carbocycles. The Bertz CT molecular complexity index is 438. The molecule has 4 heteroatoms. The summed E-state index contributed by atoms with van der Waals surface area (Å²) in [6.45, 7) is 10.7. The molecule has 0 bridgehead atoms. The van der Waals surface area contributed by atoms with E-state index in [-0.39, 0.29) is 11.7 Å². The van der Waals surface area contributed by atoms with E-state index < -0.39 is 0 Å². The molecule has 4 nitrogen and oxygen atoms in total. The molecule has 2 atom stereocenters. The Kier molecular flexibility index (Phi) is 5.25. The van der Waals surface area contributed by atoms with Crippen molar-refractivity contribution in [2.45, 2.75) is 52.0 Å². The second kappa shape index (κ2) is 6.77. The Labute approximate surface area is 128 Å². The van der Waals surface area contributed by atoms with Crippen LogP contribution in [0.5, 0.6) is 5.75 Å². The Hall–Kier alpha value is -1.10. The molecule has 1 aromatic rings.